The molecule has 17 heteroatoms. The van der Waals surface area contributed by atoms with Crippen molar-refractivity contribution in [2.24, 2.45) is 17.6 Å². The fourth-order valence-corrected chi connectivity index (χ4v) is 4.67. The molecule has 1 fully saturated rings. The highest BCUT2D eigenvalue weighted by Gasteiger charge is 2.39. The first-order valence-electron chi connectivity index (χ1n) is 14.5. The van der Waals surface area contributed by atoms with Crippen LogP contribution in [0.5, 0.6) is 0 Å². The van der Waals surface area contributed by atoms with Crippen molar-refractivity contribution in [1.29, 1.82) is 0 Å². The van der Waals surface area contributed by atoms with Crippen molar-refractivity contribution in [1.82, 2.24) is 26.2 Å². The number of hydrogen-bond acceptors (Lipinski definition) is 10. The number of carbonyl (C=O) groups excluding carboxylic acids is 5. The number of nitrogens with two attached hydrogens (primary N) is 1. The smallest absolute Gasteiger partial charge is 0.326 e. The summed E-state index contributed by atoms with van der Waals surface area (Å²) in [6, 6.07) is -8.23. The molecule has 1 heterocycles. The summed E-state index contributed by atoms with van der Waals surface area (Å²) in [6.45, 7) is 5.37. The second-order valence-electron chi connectivity index (χ2n) is 11.6. The normalized spacial score (nSPS) is 18.1. The lowest BCUT2D eigenvalue weighted by Gasteiger charge is -2.29. The van der Waals surface area contributed by atoms with Gasteiger partial charge >= 0.3 is 11.9 Å². The maximum absolute atomic E-state index is 13.2. The zero-order valence-corrected chi connectivity index (χ0v) is 25.4. The second kappa shape index (κ2) is 18.1. The van der Waals surface area contributed by atoms with Gasteiger partial charge in [0.05, 0.1) is 25.7 Å². The summed E-state index contributed by atoms with van der Waals surface area (Å²) < 4.78 is 0. The van der Waals surface area contributed by atoms with Crippen LogP contribution in [0.15, 0.2) is 0 Å². The summed E-state index contributed by atoms with van der Waals surface area (Å²) in [5, 5.41) is 47.3. The molecule has 0 aromatic rings. The molecule has 17 nitrogen and oxygen atoms in total. The average molecular weight is 631 g/mol. The van der Waals surface area contributed by atoms with E-state index in [1.807, 2.05) is 13.8 Å². The summed E-state index contributed by atoms with van der Waals surface area (Å²) in [5.74, 6) is -7.27. The molecule has 0 saturated carbocycles. The van der Waals surface area contributed by atoms with Gasteiger partial charge in [-0.2, -0.15) is 0 Å². The maximum atomic E-state index is 13.2. The molecule has 1 aliphatic heterocycles. The molecule has 0 aromatic heterocycles. The van der Waals surface area contributed by atoms with Crippen LogP contribution in [0.2, 0.25) is 0 Å². The molecule has 0 aromatic carbocycles. The Labute approximate surface area is 255 Å². The number of carboxylic acids is 2. The Morgan fingerprint density at radius 3 is 1.77 bits per heavy atom. The van der Waals surface area contributed by atoms with E-state index in [0.717, 1.165) is 4.90 Å². The highest BCUT2D eigenvalue weighted by Crippen LogP contribution is 2.19. The zero-order valence-electron chi connectivity index (χ0n) is 25.4. The minimum absolute atomic E-state index is 0.0314. The average Bonchev–Trinajstić information content (AvgIpc) is 3.42. The summed E-state index contributed by atoms with van der Waals surface area (Å²) in [7, 11) is 0. The number of rotatable bonds is 18. The van der Waals surface area contributed by atoms with E-state index in [-0.39, 0.29) is 37.6 Å². The van der Waals surface area contributed by atoms with E-state index < -0.39 is 97.4 Å². The number of amides is 5. The molecular weight excluding hydrogens is 584 g/mol. The van der Waals surface area contributed by atoms with E-state index in [1.165, 1.54) is 0 Å². The number of aliphatic hydroxyl groups excluding tert-OH is 2. The molecule has 0 radical (unpaired) electrons. The fourth-order valence-electron chi connectivity index (χ4n) is 4.67. The Hall–Kier alpha value is -3.83. The van der Waals surface area contributed by atoms with E-state index in [0.29, 0.717) is 6.42 Å². The number of carbonyl (C=O) groups is 7. The van der Waals surface area contributed by atoms with Gasteiger partial charge in [-0.1, -0.05) is 27.7 Å². The van der Waals surface area contributed by atoms with Gasteiger partial charge in [-0.05, 0) is 37.5 Å². The van der Waals surface area contributed by atoms with Gasteiger partial charge in [0.2, 0.25) is 29.5 Å². The number of hydrogen-bond donors (Lipinski definition) is 9. The first-order valence-corrected chi connectivity index (χ1v) is 14.5. The number of likely N-dealkylation sites (tertiary alicyclic amines) is 1. The molecule has 6 atom stereocenters. The summed E-state index contributed by atoms with van der Waals surface area (Å²) in [5.41, 5.74) is 5.80. The van der Waals surface area contributed by atoms with Crippen LogP contribution in [0.4, 0.5) is 0 Å². The minimum Gasteiger partial charge on any atom is -0.481 e. The first kappa shape index (κ1) is 38.2. The predicted octanol–water partition coefficient (Wildman–Crippen LogP) is -3.12. The lowest BCUT2D eigenvalue weighted by Crippen LogP contribution is -2.60. The van der Waals surface area contributed by atoms with Gasteiger partial charge < -0.3 is 52.3 Å². The van der Waals surface area contributed by atoms with Gasteiger partial charge in [0.15, 0.2) is 0 Å². The Morgan fingerprint density at radius 1 is 0.750 bits per heavy atom. The number of aliphatic carboxylic acids is 2. The van der Waals surface area contributed by atoms with E-state index in [1.54, 1.807) is 13.8 Å². The summed E-state index contributed by atoms with van der Waals surface area (Å²) >= 11 is 0. The molecule has 0 bridgehead atoms. The fraction of sp³-hybridized carbons (Fsp3) is 0.741. The second-order valence-corrected chi connectivity index (χ2v) is 11.6. The molecule has 1 aliphatic rings. The molecule has 1 rings (SSSR count). The minimum atomic E-state index is -1.72. The van der Waals surface area contributed by atoms with Crippen LogP contribution < -0.4 is 27.0 Å². The van der Waals surface area contributed by atoms with Gasteiger partial charge in [0.1, 0.15) is 30.2 Å². The monoisotopic (exact) mass is 630 g/mol. The number of nitrogens with zero attached hydrogens (tertiary/aromatic N) is 1. The molecule has 250 valence electrons. The van der Waals surface area contributed by atoms with Gasteiger partial charge in [0.25, 0.3) is 0 Å². The van der Waals surface area contributed by atoms with Crippen molar-refractivity contribution in [3.05, 3.63) is 0 Å². The quantitative estimate of drug-likeness (QED) is 0.0727. The zero-order chi connectivity index (χ0) is 33.7. The van der Waals surface area contributed by atoms with Crippen molar-refractivity contribution in [3.8, 4) is 0 Å². The lowest BCUT2D eigenvalue weighted by atomic mass is 10.0. The number of carboxylic acid groups (broad SMARTS) is 2. The predicted molar refractivity (Wildman–Crippen MR) is 153 cm³/mol. The van der Waals surface area contributed by atoms with Crippen LogP contribution in [0.1, 0.15) is 59.8 Å². The van der Waals surface area contributed by atoms with Crippen molar-refractivity contribution < 1.29 is 54.0 Å². The maximum Gasteiger partial charge on any atom is 0.326 e. The molecule has 0 unspecified atom stereocenters. The highest BCUT2D eigenvalue weighted by atomic mass is 16.4. The number of aliphatic hydroxyl groups is 2. The highest BCUT2D eigenvalue weighted by molar-refractivity contribution is 5.97. The van der Waals surface area contributed by atoms with Crippen molar-refractivity contribution >= 4 is 41.5 Å². The summed E-state index contributed by atoms with van der Waals surface area (Å²) in [6.07, 6.45) is 0.160. The third kappa shape index (κ3) is 12.0. The molecule has 44 heavy (non-hydrogen) atoms. The Morgan fingerprint density at radius 2 is 1.27 bits per heavy atom. The van der Waals surface area contributed by atoms with E-state index in [4.69, 9.17) is 5.73 Å². The van der Waals surface area contributed by atoms with Crippen molar-refractivity contribution in [3.63, 3.8) is 0 Å². The Kier molecular flexibility index (Phi) is 15.7. The van der Waals surface area contributed by atoms with Gasteiger partial charge in [-0.15, -0.1) is 0 Å². The third-order valence-electron chi connectivity index (χ3n) is 6.85. The van der Waals surface area contributed by atoms with E-state index in [9.17, 15) is 54.0 Å². The van der Waals surface area contributed by atoms with Crippen LogP contribution in [0, 0.1) is 11.8 Å². The van der Waals surface area contributed by atoms with Crippen LogP contribution >= 0.6 is 0 Å². The largest absolute Gasteiger partial charge is 0.481 e. The van der Waals surface area contributed by atoms with Crippen LogP contribution in [-0.4, -0.2) is 123 Å². The molecule has 5 amide bonds. The topological polar surface area (TPSA) is 278 Å². The van der Waals surface area contributed by atoms with Crippen LogP contribution in [0.25, 0.3) is 0 Å². The molecule has 0 aliphatic carbocycles. The van der Waals surface area contributed by atoms with Crippen molar-refractivity contribution in [2.45, 2.75) is 96.1 Å². The Bertz CT molecular complexity index is 1050. The molecule has 0 spiro atoms. The molecular formula is C27H46N6O11. The van der Waals surface area contributed by atoms with Crippen LogP contribution in [0.3, 0.4) is 0 Å². The molecule has 10 N–H and O–H groups in total. The van der Waals surface area contributed by atoms with Gasteiger partial charge in [-0.3, -0.25) is 28.8 Å². The summed E-state index contributed by atoms with van der Waals surface area (Å²) in [4.78, 5) is 88.2. The van der Waals surface area contributed by atoms with E-state index >= 15 is 0 Å². The number of nitrogens with one attached hydrogen (secondary N) is 4. The third-order valence-corrected chi connectivity index (χ3v) is 6.85. The lowest BCUT2D eigenvalue weighted by molar-refractivity contribution is -0.146. The van der Waals surface area contributed by atoms with E-state index in [2.05, 4.69) is 21.3 Å². The first-order chi connectivity index (χ1) is 20.5. The van der Waals surface area contributed by atoms with Gasteiger partial charge in [-0.25, -0.2) is 4.79 Å². The van der Waals surface area contributed by atoms with Crippen LogP contribution in [-0.2, 0) is 33.6 Å². The Balaban J connectivity index is 2.96. The molecule has 1 saturated heterocycles. The SMILES string of the molecule is CC(C)C[C@H](NC(=O)[C@@H]1CCCN1C(=O)[C@H](CO)NC(=O)[C@H](CO)NC(=O)[C@H](CC(=O)O)NC(=O)[C@@H](N)CC(C)C)C(=O)O. The van der Waals surface area contributed by atoms with Gasteiger partial charge in [0, 0.05) is 6.54 Å². The van der Waals surface area contributed by atoms with Crippen molar-refractivity contribution in [2.75, 3.05) is 19.8 Å². The standard InChI is InChI=1S/C27H46N6O11/c1-13(2)8-15(28)22(38)29-16(10-21(36)37)23(39)31-18(11-34)24(40)32-19(12-35)26(42)33-7-5-6-20(33)25(41)30-17(27(43)44)9-14(3)4/h13-20,34-35H,5-12,28H2,1-4H3,(H,29,38)(H,30,41)(H,31,39)(H,32,40)(H,36,37)(H,43,44)/t15-,16-,17-,18-,19-,20-/m0/s1.